The van der Waals surface area contributed by atoms with Crippen LogP contribution in [-0.2, 0) is 9.84 Å². The van der Waals surface area contributed by atoms with Gasteiger partial charge in [0.15, 0.2) is 9.84 Å². The fourth-order valence-corrected chi connectivity index (χ4v) is 3.08. The summed E-state index contributed by atoms with van der Waals surface area (Å²) in [6.45, 7) is 1.70. The van der Waals surface area contributed by atoms with Gasteiger partial charge in [-0.3, -0.25) is 0 Å². The van der Waals surface area contributed by atoms with Gasteiger partial charge < -0.3 is 10.8 Å². The Morgan fingerprint density at radius 2 is 1.74 bits per heavy atom. The monoisotopic (exact) mass is 277 g/mol. The molecule has 0 heterocycles. The summed E-state index contributed by atoms with van der Waals surface area (Å²) in [6, 6.07) is 12.8. The first-order valence-electron chi connectivity index (χ1n) is 5.77. The molecule has 19 heavy (non-hydrogen) atoms. The summed E-state index contributed by atoms with van der Waals surface area (Å²) >= 11 is 0. The van der Waals surface area contributed by atoms with E-state index in [1.807, 2.05) is 0 Å². The maximum absolute atomic E-state index is 12.4. The first-order valence-corrected chi connectivity index (χ1v) is 7.31. The van der Waals surface area contributed by atoms with Crippen LogP contribution in [0.1, 0.15) is 16.5 Å². The lowest BCUT2D eigenvalue weighted by atomic mass is 10.2. The van der Waals surface area contributed by atoms with Gasteiger partial charge in [0.25, 0.3) is 0 Å². The molecule has 0 aromatic heterocycles. The van der Waals surface area contributed by atoms with Crippen LogP contribution in [0, 0.1) is 6.92 Å². The number of phenolic OH excluding ortho intramolecular Hbond substituents is 1. The van der Waals surface area contributed by atoms with Crippen molar-refractivity contribution >= 4 is 9.84 Å². The number of aromatic hydroxyl groups is 1. The highest BCUT2D eigenvalue weighted by atomic mass is 32.2. The van der Waals surface area contributed by atoms with Gasteiger partial charge in [-0.15, -0.1) is 0 Å². The Kier molecular flexibility index (Phi) is 3.59. The molecule has 0 spiro atoms. The van der Waals surface area contributed by atoms with Crippen LogP contribution in [-0.4, -0.2) is 13.5 Å². The lowest BCUT2D eigenvalue weighted by molar-refractivity contribution is 0.469. The van der Waals surface area contributed by atoms with Crippen LogP contribution < -0.4 is 5.73 Å². The van der Waals surface area contributed by atoms with Gasteiger partial charge in [0.2, 0.25) is 0 Å². The van der Waals surface area contributed by atoms with Crippen molar-refractivity contribution in [3.8, 4) is 5.75 Å². The molecule has 0 radical (unpaired) electrons. The van der Waals surface area contributed by atoms with E-state index >= 15 is 0 Å². The highest BCUT2D eigenvalue weighted by Gasteiger charge is 2.25. The molecule has 0 amide bonds. The minimum Gasteiger partial charge on any atom is -0.508 e. The van der Waals surface area contributed by atoms with E-state index in [0.29, 0.717) is 11.1 Å². The predicted molar refractivity (Wildman–Crippen MR) is 73.4 cm³/mol. The molecule has 3 N–H and O–H groups in total. The van der Waals surface area contributed by atoms with E-state index in [2.05, 4.69) is 0 Å². The summed E-state index contributed by atoms with van der Waals surface area (Å²) in [7, 11) is -3.71. The van der Waals surface area contributed by atoms with E-state index in [1.54, 1.807) is 43.3 Å². The lowest BCUT2D eigenvalue weighted by Gasteiger charge is -2.14. The van der Waals surface area contributed by atoms with Crippen molar-refractivity contribution in [2.24, 2.45) is 5.73 Å². The first-order chi connectivity index (χ1) is 8.93. The Balaban J connectivity index is 2.45. The van der Waals surface area contributed by atoms with E-state index in [4.69, 9.17) is 5.73 Å². The molecule has 100 valence electrons. The highest BCUT2D eigenvalue weighted by Crippen LogP contribution is 2.28. The second-order valence-corrected chi connectivity index (χ2v) is 6.39. The standard InChI is InChI=1S/C14H15NO3S/c1-10-7-8-12(9-13(10)16)19(17,18)14(15)11-5-3-2-4-6-11/h2-9,14,16H,15H2,1H3. The Morgan fingerprint density at radius 3 is 2.32 bits per heavy atom. The van der Waals surface area contributed by atoms with Gasteiger partial charge in [-0.2, -0.15) is 0 Å². The van der Waals surface area contributed by atoms with E-state index < -0.39 is 15.2 Å². The molecule has 0 aliphatic carbocycles. The van der Waals surface area contributed by atoms with E-state index in [9.17, 15) is 13.5 Å². The summed E-state index contributed by atoms with van der Waals surface area (Å²) in [5.74, 6) is -0.0543. The highest BCUT2D eigenvalue weighted by molar-refractivity contribution is 7.91. The number of sulfone groups is 1. The zero-order valence-electron chi connectivity index (χ0n) is 10.4. The average molecular weight is 277 g/mol. The van der Waals surface area contributed by atoms with Crippen LogP contribution in [0.15, 0.2) is 53.4 Å². The second-order valence-electron chi connectivity index (χ2n) is 4.32. The maximum atomic E-state index is 12.4. The fourth-order valence-electron chi connectivity index (χ4n) is 1.73. The Bertz CT molecular complexity index is 681. The number of benzene rings is 2. The summed E-state index contributed by atoms with van der Waals surface area (Å²) < 4.78 is 24.7. The van der Waals surface area contributed by atoms with Gasteiger partial charge in [-0.05, 0) is 30.2 Å². The van der Waals surface area contributed by atoms with Gasteiger partial charge in [0, 0.05) is 0 Å². The van der Waals surface area contributed by atoms with Gasteiger partial charge in [0.05, 0.1) is 4.90 Å². The van der Waals surface area contributed by atoms with Crippen LogP contribution in [0.25, 0.3) is 0 Å². The van der Waals surface area contributed by atoms with Crippen LogP contribution in [0.2, 0.25) is 0 Å². The average Bonchev–Trinajstić information content (AvgIpc) is 2.41. The maximum Gasteiger partial charge on any atom is 0.198 e. The Labute approximate surface area is 112 Å². The molecular weight excluding hydrogens is 262 g/mol. The smallest absolute Gasteiger partial charge is 0.198 e. The molecule has 0 fully saturated rings. The van der Waals surface area contributed by atoms with E-state index in [1.165, 1.54) is 12.1 Å². The van der Waals surface area contributed by atoms with E-state index in [0.717, 1.165) is 0 Å². The Hall–Kier alpha value is -1.85. The topological polar surface area (TPSA) is 80.4 Å². The first kappa shape index (κ1) is 13.6. The SMILES string of the molecule is Cc1ccc(S(=O)(=O)C(N)c2ccccc2)cc1O. The van der Waals surface area contributed by atoms with E-state index in [-0.39, 0.29) is 10.6 Å². The van der Waals surface area contributed by atoms with Crippen LogP contribution in [0.3, 0.4) is 0 Å². The molecule has 0 aliphatic rings. The van der Waals surface area contributed by atoms with Crippen molar-refractivity contribution in [3.05, 3.63) is 59.7 Å². The number of hydrogen-bond donors (Lipinski definition) is 2. The molecule has 0 aliphatic heterocycles. The van der Waals surface area contributed by atoms with Crippen molar-refractivity contribution in [2.75, 3.05) is 0 Å². The van der Waals surface area contributed by atoms with Crippen LogP contribution in [0.5, 0.6) is 5.75 Å². The third-order valence-corrected chi connectivity index (χ3v) is 4.82. The molecule has 4 nitrogen and oxygen atoms in total. The summed E-state index contributed by atoms with van der Waals surface area (Å²) in [4.78, 5) is 0.0203. The minimum absolute atomic E-state index is 0.0203. The molecule has 0 bridgehead atoms. The molecule has 5 heteroatoms. The third-order valence-electron chi connectivity index (χ3n) is 2.97. The molecule has 0 saturated heterocycles. The number of hydrogen-bond acceptors (Lipinski definition) is 4. The quantitative estimate of drug-likeness (QED) is 0.900. The molecule has 2 aromatic carbocycles. The zero-order chi connectivity index (χ0) is 14.0. The summed E-state index contributed by atoms with van der Waals surface area (Å²) in [6.07, 6.45) is 0. The van der Waals surface area contributed by atoms with Crippen molar-refractivity contribution < 1.29 is 13.5 Å². The number of rotatable bonds is 3. The lowest BCUT2D eigenvalue weighted by Crippen LogP contribution is -2.21. The molecule has 0 saturated carbocycles. The number of phenols is 1. The summed E-state index contributed by atoms with van der Waals surface area (Å²) in [5.41, 5.74) is 6.96. The Morgan fingerprint density at radius 1 is 1.11 bits per heavy atom. The normalized spacial score (nSPS) is 13.2. The zero-order valence-corrected chi connectivity index (χ0v) is 11.3. The van der Waals surface area contributed by atoms with Crippen molar-refractivity contribution in [1.82, 2.24) is 0 Å². The molecule has 2 rings (SSSR count). The van der Waals surface area contributed by atoms with Crippen molar-refractivity contribution in [3.63, 3.8) is 0 Å². The minimum atomic E-state index is -3.71. The molecule has 1 unspecified atom stereocenters. The van der Waals surface area contributed by atoms with Gasteiger partial charge in [0.1, 0.15) is 11.1 Å². The van der Waals surface area contributed by atoms with Crippen molar-refractivity contribution in [2.45, 2.75) is 17.2 Å². The van der Waals surface area contributed by atoms with Crippen LogP contribution in [0.4, 0.5) is 0 Å². The second kappa shape index (κ2) is 5.03. The van der Waals surface area contributed by atoms with Crippen molar-refractivity contribution in [1.29, 1.82) is 0 Å². The van der Waals surface area contributed by atoms with Gasteiger partial charge in [-0.25, -0.2) is 8.42 Å². The molecule has 1 atom stereocenters. The fraction of sp³-hybridized carbons (Fsp3) is 0.143. The largest absolute Gasteiger partial charge is 0.508 e. The predicted octanol–water partition coefficient (Wildman–Crippen LogP) is 2.13. The van der Waals surface area contributed by atoms with Gasteiger partial charge in [-0.1, -0.05) is 36.4 Å². The number of aryl methyl sites for hydroxylation is 1. The molecule has 2 aromatic rings. The summed E-state index contributed by atoms with van der Waals surface area (Å²) in [5, 5.41) is 8.47. The van der Waals surface area contributed by atoms with Crippen LogP contribution >= 0.6 is 0 Å². The number of nitrogens with two attached hydrogens (primary N) is 1. The molecular formula is C14H15NO3S. The third kappa shape index (κ3) is 2.62. The van der Waals surface area contributed by atoms with Gasteiger partial charge >= 0.3 is 0 Å².